The van der Waals surface area contributed by atoms with Gasteiger partial charge in [-0.25, -0.2) is 0 Å². The number of nitrogens with zero attached hydrogens (tertiary/aromatic N) is 3. The number of hydrogen-bond acceptors (Lipinski definition) is 10. The highest BCUT2D eigenvalue weighted by Gasteiger charge is 2.13. The van der Waals surface area contributed by atoms with Crippen molar-refractivity contribution in [1.82, 2.24) is 20.4 Å². The first kappa shape index (κ1) is 27.5. The third-order valence-electron chi connectivity index (χ3n) is 5.33. The first-order valence-corrected chi connectivity index (χ1v) is 14.3. The zero-order chi connectivity index (χ0) is 24.9. The number of furan rings is 2. The van der Waals surface area contributed by atoms with E-state index < -0.39 is 4.92 Å². The maximum absolute atomic E-state index is 11.0. The Balaban J connectivity index is 1.27. The summed E-state index contributed by atoms with van der Waals surface area (Å²) in [6.07, 6.45) is 3.55. The van der Waals surface area contributed by atoms with Gasteiger partial charge in [0.1, 0.15) is 23.0 Å². The average Bonchev–Trinajstić information content (AvgIpc) is 3.56. The van der Waals surface area contributed by atoms with Gasteiger partial charge in [-0.05, 0) is 64.3 Å². The number of likely N-dealkylation sites (tertiary alicyclic amines) is 1. The van der Waals surface area contributed by atoms with E-state index >= 15 is 0 Å². The Hall–Kier alpha value is -2.08. The summed E-state index contributed by atoms with van der Waals surface area (Å²) in [4.78, 5) is 15.0. The fraction of sp³-hybridized carbons (Fsp3) is 0.583. The maximum atomic E-state index is 11.0. The largest absolute Gasteiger partial charge is 0.464 e. The van der Waals surface area contributed by atoms with Gasteiger partial charge in [-0.2, -0.15) is 23.5 Å². The zero-order valence-electron chi connectivity index (χ0n) is 20.7. The summed E-state index contributed by atoms with van der Waals surface area (Å²) in [6.45, 7) is 5.25. The quantitative estimate of drug-likeness (QED) is 0.180. The molecule has 1 aliphatic heterocycles. The highest BCUT2D eigenvalue weighted by molar-refractivity contribution is 7.98. The smallest absolute Gasteiger partial charge is 0.274 e. The van der Waals surface area contributed by atoms with Gasteiger partial charge in [-0.3, -0.25) is 15.0 Å². The van der Waals surface area contributed by atoms with Crippen LogP contribution in [0.5, 0.6) is 0 Å². The molecule has 194 valence electrons. The minimum Gasteiger partial charge on any atom is -0.464 e. The van der Waals surface area contributed by atoms with E-state index in [4.69, 9.17) is 8.83 Å². The van der Waals surface area contributed by atoms with Crippen molar-refractivity contribution < 1.29 is 13.8 Å². The van der Waals surface area contributed by atoms with Gasteiger partial charge in [0.05, 0.1) is 29.5 Å². The highest BCUT2D eigenvalue weighted by atomic mass is 32.2. The molecule has 3 rings (SSSR count). The van der Waals surface area contributed by atoms with Gasteiger partial charge in [0, 0.05) is 24.6 Å². The molecule has 0 aromatic carbocycles. The molecule has 2 aromatic heterocycles. The molecule has 1 aliphatic rings. The van der Waals surface area contributed by atoms with Crippen LogP contribution < -0.4 is 10.6 Å². The third-order valence-corrected chi connectivity index (χ3v) is 7.29. The Labute approximate surface area is 216 Å². The molecule has 0 amide bonds. The monoisotopic (exact) mass is 523 g/mol. The van der Waals surface area contributed by atoms with Gasteiger partial charge in [0.2, 0.25) is 0 Å². The van der Waals surface area contributed by atoms with E-state index in [-0.39, 0.29) is 0 Å². The van der Waals surface area contributed by atoms with Crippen molar-refractivity contribution in [1.29, 1.82) is 0 Å². The molecule has 9 nitrogen and oxygen atoms in total. The fourth-order valence-electron chi connectivity index (χ4n) is 3.76. The van der Waals surface area contributed by atoms with Crippen LogP contribution in [0.3, 0.4) is 0 Å². The van der Waals surface area contributed by atoms with Crippen molar-refractivity contribution in [3.05, 3.63) is 69.4 Å². The molecule has 0 unspecified atom stereocenters. The van der Waals surface area contributed by atoms with Gasteiger partial charge in [0.15, 0.2) is 5.82 Å². The molecular formula is C24H37N5O4S2. The average molecular weight is 524 g/mol. The number of nitro groups is 1. The maximum Gasteiger partial charge on any atom is 0.274 e. The molecule has 0 spiro atoms. The standard InChI is InChI=1S/C24H37N5O4S2/c1-27(2)15-20-5-7-22(32-20)18-34-13-9-25-24(17-29(30)31)26-10-14-35-19-23-8-6-21(33-23)16-28-11-3-4-12-28/h5-8,17,25-26H,3-4,9-16,18-19H2,1-2H3. The zero-order valence-corrected chi connectivity index (χ0v) is 22.3. The third kappa shape index (κ3) is 11.0. The van der Waals surface area contributed by atoms with Crippen molar-refractivity contribution in [2.45, 2.75) is 37.4 Å². The predicted octanol–water partition coefficient (Wildman–Crippen LogP) is 3.95. The van der Waals surface area contributed by atoms with E-state index in [2.05, 4.69) is 32.6 Å². The van der Waals surface area contributed by atoms with Crippen molar-refractivity contribution in [2.24, 2.45) is 0 Å². The number of nitrogens with one attached hydrogen (secondary N) is 2. The Kier molecular flexibility index (Phi) is 11.9. The van der Waals surface area contributed by atoms with Crippen molar-refractivity contribution in [2.75, 3.05) is 51.8 Å². The Morgan fingerprint density at radius 1 is 1.00 bits per heavy atom. The SMILES string of the molecule is CN(C)Cc1ccc(CSCCNC(=C[N+](=O)[O-])NCCSCc2ccc(CN3CCCC3)o2)o1. The van der Waals surface area contributed by atoms with Crippen LogP contribution in [0.2, 0.25) is 0 Å². The summed E-state index contributed by atoms with van der Waals surface area (Å²) < 4.78 is 11.8. The van der Waals surface area contributed by atoms with E-state index in [9.17, 15) is 10.1 Å². The summed E-state index contributed by atoms with van der Waals surface area (Å²) in [5.74, 6) is 7.55. The molecule has 0 atom stereocenters. The molecule has 1 saturated heterocycles. The van der Waals surface area contributed by atoms with Gasteiger partial charge < -0.3 is 24.4 Å². The predicted molar refractivity (Wildman–Crippen MR) is 143 cm³/mol. The Bertz CT molecular complexity index is 925. The lowest BCUT2D eigenvalue weighted by atomic mass is 10.4. The normalized spacial score (nSPS) is 14.7. The lowest BCUT2D eigenvalue weighted by Gasteiger charge is -2.12. The molecule has 0 bridgehead atoms. The second-order valence-corrected chi connectivity index (χ2v) is 11.0. The number of rotatable bonds is 17. The van der Waals surface area contributed by atoms with Crippen molar-refractivity contribution in [3.8, 4) is 0 Å². The first-order chi connectivity index (χ1) is 17.0. The fourth-order valence-corrected chi connectivity index (χ4v) is 5.26. The summed E-state index contributed by atoms with van der Waals surface area (Å²) in [7, 11) is 4.02. The molecule has 2 N–H and O–H groups in total. The summed E-state index contributed by atoms with van der Waals surface area (Å²) in [5, 5.41) is 17.2. The van der Waals surface area contributed by atoms with Gasteiger partial charge in [0.25, 0.3) is 6.20 Å². The van der Waals surface area contributed by atoms with E-state index in [1.165, 1.54) is 12.8 Å². The van der Waals surface area contributed by atoms with Crippen LogP contribution in [0.15, 0.2) is 45.1 Å². The van der Waals surface area contributed by atoms with E-state index in [0.717, 1.165) is 78.4 Å². The second-order valence-electron chi connectivity index (χ2n) is 8.74. The van der Waals surface area contributed by atoms with E-state index in [1.807, 2.05) is 26.2 Å². The van der Waals surface area contributed by atoms with Crippen molar-refractivity contribution in [3.63, 3.8) is 0 Å². The Morgan fingerprint density at radius 2 is 1.54 bits per heavy atom. The van der Waals surface area contributed by atoms with Crippen molar-refractivity contribution >= 4 is 23.5 Å². The van der Waals surface area contributed by atoms with Crippen LogP contribution >= 0.6 is 23.5 Å². The topological polar surface area (TPSA) is 100.0 Å². The molecule has 35 heavy (non-hydrogen) atoms. The minimum atomic E-state index is -0.435. The summed E-state index contributed by atoms with van der Waals surface area (Å²) in [6, 6.07) is 8.14. The lowest BCUT2D eigenvalue weighted by Crippen LogP contribution is -2.30. The van der Waals surface area contributed by atoms with E-state index in [1.54, 1.807) is 23.5 Å². The van der Waals surface area contributed by atoms with Crippen LogP contribution in [0.4, 0.5) is 0 Å². The van der Waals surface area contributed by atoms with Crippen LogP contribution in [0, 0.1) is 10.1 Å². The van der Waals surface area contributed by atoms with E-state index in [0.29, 0.717) is 18.9 Å². The first-order valence-electron chi connectivity index (χ1n) is 12.0. The summed E-state index contributed by atoms with van der Waals surface area (Å²) >= 11 is 3.47. The molecule has 0 saturated carbocycles. The van der Waals surface area contributed by atoms with Gasteiger partial charge >= 0.3 is 0 Å². The number of thioether (sulfide) groups is 2. The van der Waals surface area contributed by atoms with Crippen LogP contribution in [0.25, 0.3) is 0 Å². The van der Waals surface area contributed by atoms with Crippen LogP contribution in [0.1, 0.15) is 35.9 Å². The van der Waals surface area contributed by atoms with Gasteiger partial charge in [-0.15, -0.1) is 0 Å². The van der Waals surface area contributed by atoms with Gasteiger partial charge in [-0.1, -0.05) is 0 Å². The molecule has 0 aliphatic carbocycles. The van der Waals surface area contributed by atoms with Crippen LogP contribution in [-0.2, 0) is 24.6 Å². The lowest BCUT2D eigenvalue weighted by molar-refractivity contribution is -0.404. The molecular weight excluding hydrogens is 486 g/mol. The number of hydrogen-bond donors (Lipinski definition) is 2. The molecule has 3 heterocycles. The van der Waals surface area contributed by atoms with Crippen LogP contribution in [-0.4, -0.2) is 66.5 Å². The molecule has 0 radical (unpaired) electrons. The molecule has 1 fully saturated rings. The Morgan fingerprint density at radius 3 is 2.11 bits per heavy atom. The summed E-state index contributed by atoms with van der Waals surface area (Å²) in [5.41, 5.74) is 0. The minimum absolute atomic E-state index is 0.435. The molecule has 11 heteroatoms. The highest BCUT2D eigenvalue weighted by Crippen LogP contribution is 2.19. The molecule has 2 aromatic rings. The second kappa shape index (κ2) is 15.1.